The molecular formula is C16H14Cl2F3N3OS. The van der Waals surface area contributed by atoms with Gasteiger partial charge in [-0.3, -0.25) is 0 Å². The van der Waals surface area contributed by atoms with E-state index in [9.17, 15) is 18.3 Å². The molecule has 26 heavy (non-hydrogen) atoms. The lowest BCUT2D eigenvalue weighted by Gasteiger charge is -2.21. The van der Waals surface area contributed by atoms with Crippen LogP contribution < -0.4 is 5.32 Å². The summed E-state index contributed by atoms with van der Waals surface area (Å²) in [6.07, 6.45) is -2.35. The average molecular weight is 424 g/mol. The quantitative estimate of drug-likeness (QED) is 0.655. The average Bonchev–Trinajstić information content (AvgIpc) is 2.90. The van der Waals surface area contributed by atoms with Crippen molar-refractivity contribution in [2.75, 3.05) is 11.9 Å². The molecule has 1 heterocycles. The van der Waals surface area contributed by atoms with Crippen LogP contribution in [0.2, 0.25) is 10.0 Å². The van der Waals surface area contributed by atoms with E-state index in [0.717, 1.165) is 18.0 Å². The van der Waals surface area contributed by atoms with Gasteiger partial charge in [0.25, 0.3) is 0 Å². The first-order chi connectivity index (χ1) is 12.2. The number of nitrogens with zero attached hydrogens (tertiary/aromatic N) is 2. The molecule has 0 radical (unpaired) electrons. The predicted molar refractivity (Wildman–Crippen MR) is 99.3 cm³/mol. The lowest BCUT2D eigenvalue weighted by Crippen LogP contribution is -2.26. The summed E-state index contributed by atoms with van der Waals surface area (Å²) in [5.74, 6) is 0. The lowest BCUT2D eigenvalue weighted by atomic mass is 9.99. The van der Waals surface area contributed by atoms with Crippen molar-refractivity contribution in [3.8, 4) is 0 Å². The smallest absolute Gasteiger partial charge is 0.359 e. The van der Waals surface area contributed by atoms with Crippen molar-refractivity contribution in [1.29, 1.82) is 0 Å². The number of aliphatic hydroxyl groups is 1. The summed E-state index contributed by atoms with van der Waals surface area (Å²) in [6, 6.07) is 4.95. The molecule has 3 rings (SSSR count). The topological polar surface area (TPSA) is 47.9 Å². The summed E-state index contributed by atoms with van der Waals surface area (Å²) < 4.78 is 40.0. The van der Waals surface area contributed by atoms with Crippen molar-refractivity contribution in [2.45, 2.75) is 25.4 Å². The zero-order valence-corrected chi connectivity index (χ0v) is 15.6. The SMILES string of the molecule is OC1N=C(Nc2ccc(Cl)c(Cl)c2)SN1CC1=CC(C(F)(F)F)=CCC1. The van der Waals surface area contributed by atoms with Crippen molar-refractivity contribution < 1.29 is 18.3 Å². The van der Waals surface area contributed by atoms with Gasteiger partial charge in [0, 0.05) is 24.2 Å². The van der Waals surface area contributed by atoms with Crippen molar-refractivity contribution in [3.63, 3.8) is 0 Å². The molecule has 2 N–H and O–H groups in total. The number of hydrogen-bond donors (Lipinski definition) is 2. The van der Waals surface area contributed by atoms with Gasteiger partial charge in [-0.05, 0) is 37.1 Å². The summed E-state index contributed by atoms with van der Waals surface area (Å²) in [4.78, 5) is 4.06. The second-order valence-corrected chi connectivity index (χ2v) is 7.55. The minimum absolute atomic E-state index is 0.176. The Morgan fingerprint density at radius 1 is 1.31 bits per heavy atom. The number of amidine groups is 1. The van der Waals surface area contributed by atoms with Crippen LogP contribution >= 0.6 is 35.1 Å². The van der Waals surface area contributed by atoms with Gasteiger partial charge in [0.15, 0.2) is 5.17 Å². The summed E-state index contributed by atoms with van der Waals surface area (Å²) in [5, 5.41) is 14.3. The van der Waals surface area contributed by atoms with Gasteiger partial charge in [-0.2, -0.15) is 17.5 Å². The number of anilines is 1. The Morgan fingerprint density at radius 2 is 2.08 bits per heavy atom. The van der Waals surface area contributed by atoms with Crippen LogP contribution in [0.15, 0.2) is 46.5 Å². The van der Waals surface area contributed by atoms with Crippen LogP contribution in [0.4, 0.5) is 18.9 Å². The Hall–Kier alpha value is -1.19. The maximum absolute atomic E-state index is 12.8. The van der Waals surface area contributed by atoms with Crippen LogP contribution in [0.25, 0.3) is 0 Å². The molecule has 0 saturated heterocycles. The molecule has 10 heteroatoms. The van der Waals surface area contributed by atoms with E-state index in [1.165, 1.54) is 10.4 Å². The Morgan fingerprint density at radius 3 is 2.77 bits per heavy atom. The summed E-state index contributed by atoms with van der Waals surface area (Å²) in [7, 11) is 0. The van der Waals surface area contributed by atoms with E-state index in [-0.39, 0.29) is 6.54 Å². The number of benzene rings is 1. The Labute approximate surface area is 162 Å². The molecule has 0 spiro atoms. The first-order valence-corrected chi connectivity index (χ1v) is 9.14. The monoisotopic (exact) mass is 423 g/mol. The fourth-order valence-electron chi connectivity index (χ4n) is 2.50. The molecule has 1 aromatic carbocycles. The van der Waals surface area contributed by atoms with Gasteiger partial charge in [-0.1, -0.05) is 34.9 Å². The number of alkyl halides is 3. The van der Waals surface area contributed by atoms with E-state index in [1.807, 2.05) is 0 Å². The van der Waals surface area contributed by atoms with Crippen LogP contribution in [0.5, 0.6) is 0 Å². The van der Waals surface area contributed by atoms with Gasteiger partial charge in [0.1, 0.15) is 0 Å². The second kappa shape index (κ2) is 7.82. The Bertz CT molecular complexity index is 795. The zero-order chi connectivity index (χ0) is 18.9. The van der Waals surface area contributed by atoms with Crippen LogP contribution in [0.1, 0.15) is 12.8 Å². The summed E-state index contributed by atoms with van der Waals surface area (Å²) in [6.45, 7) is 0.176. The van der Waals surface area contributed by atoms with Gasteiger partial charge in [0.2, 0.25) is 6.35 Å². The predicted octanol–water partition coefficient (Wildman–Crippen LogP) is 5.21. The molecule has 1 atom stereocenters. The van der Waals surface area contributed by atoms with Crippen LogP contribution in [0, 0.1) is 0 Å². The third-order valence-corrected chi connectivity index (χ3v) is 5.41. The second-order valence-electron chi connectivity index (χ2n) is 5.70. The zero-order valence-electron chi connectivity index (χ0n) is 13.2. The van der Waals surface area contributed by atoms with E-state index < -0.39 is 18.1 Å². The van der Waals surface area contributed by atoms with Crippen LogP contribution in [-0.2, 0) is 0 Å². The molecular weight excluding hydrogens is 410 g/mol. The highest BCUT2D eigenvalue weighted by molar-refractivity contribution is 8.12. The van der Waals surface area contributed by atoms with Crippen LogP contribution in [0.3, 0.4) is 0 Å². The molecule has 0 bridgehead atoms. The number of aliphatic hydroxyl groups excluding tert-OH is 1. The number of rotatable bonds is 3. The lowest BCUT2D eigenvalue weighted by molar-refractivity contribution is -0.0887. The van der Waals surface area contributed by atoms with E-state index in [1.54, 1.807) is 18.2 Å². The van der Waals surface area contributed by atoms with Crippen molar-refractivity contribution in [2.24, 2.45) is 4.99 Å². The maximum atomic E-state index is 12.8. The van der Waals surface area contributed by atoms with Crippen molar-refractivity contribution in [1.82, 2.24) is 4.31 Å². The molecule has 1 aromatic rings. The number of allylic oxidation sites excluding steroid dienone is 3. The molecule has 1 aliphatic carbocycles. The van der Waals surface area contributed by atoms with E-state index in [4.69, 9.17) is 23.2 Å². The van der Waals surface area contributed by atoms with Crippen molar-refractivity contribution in [3.05, 3.63) is 51.5 Å². The Kier molecular flexibility index (Phi) is 5.88. The van der Waals surface area contributed by atoms with Crippen LogP contribution in [-0.4, -0.2) is 33.7 Å². The normalized spacial score (nSPS) is 21.3. The minimum atomic E-state index is -4.36. The highest BCUT2D eigenvalue weighted by Gasteiger charge is 2.34. The maximum Gasteiger partial charge on any atom is 0.416 e. The molecule has 0 saturated carbocycles. The van der Waals surface area contributed by atoms with E-state index in [0.29, 0.717) is 39.3 Å². The van der Waals surface area contributed by atoms with Gasteiger partial charge in [-0.15, -0.1) is 0 Å². The largest absolute Gasteiger partial charge is 0.416 e. The molecule has 0 fully saturated rings. The number of aliphatic imine (C=N–C) groups is 1. The molecule has 0 aromatic heterocycles. The molecule has 140 valence electrons. The molecule has 1 unspecified atom stereocenters. The van der Waals surface area contributed by atoms with Gasteiger partial charge in [0.05, 0.1) is 15.6 Å². The van der Waals surface area contributed by atoms with Gasteiger partial charge in [-0.25, -0.2) is 4.99 Å². The Balaban J connectivity index is 1.63. The summed E-state index contributed by atoms with van der Waals surface area (Å²) >= 11 is 12.9. The number of halogens is 5. The molecule has 2 aliphatic rings. The fourth-order valence-corrected chi connectivity index (χ4v) is 3.70. The third kappa shape index (κ3) is 4.75. The van der Waals surface area contributed by atoms with E-state index in [2.05, 4.69) is 10.3 Å². The molecule has 0 amide bonds. The van der Waals surface area contributed by atoms with Gasteiger partial charge < -0.3 is 10.4 Å². The standard InChI is InChI=1S/C16H14Cl2F3N3OS/c17-12-5-4-11(7-13(12)18)22-14-23-15(25)24(26-14)8-9-2-1-3-10(6-9)16(19,20)21/h3-7,15,25H,1-2,8H2,(H,22,23). The highest BCUT2D eigenvalue weighted by atomic mass is 35.5. The fraction of sp³-hybridized carbons (Fsp3) is 0.312. The minimum Gasteiger partial charge on any atom is -0.359 e. The van der Waals surface area contributed by atoms with Gasteiger partial charge >= 0.3 is 6.18 Å². The first kappa shape index (κ1) is 19.6. The third-order valence-electron chi connectivity index (χ3n) is 3.74. The summed E-state index contributed by atoms with van der Waals surface area (Å²) in [5.41, 5.74) is 0.587. The van der Waals surface area contributed by atoms with E-state index >= 15 is 0 Å². The highest BCUT2D eigenvalue weighted by Crippen LogP contribution is 2.34. The number of nitrogens with one attached hydrogen (secondary N) is 1. The molecule has 4 nitrogen and oxygen atoms in total. The first-order valence-electron chi connectivity index (χ1n) is 7.62. The van der Waals surface area contributed by atoms with Crippen molar-refractivity contribution >= 4 is 46.0 Å². The molecule has 1 aliphatic heterocycles. The number of hydrogen-bond acceptors (Lipinski definition) is 5.